The standard InChI is InChI=1S/C31H42O2/c1-3-5-7-8-9-24-11-13-25(14-12-24)26-15-17-27(18-16-26)28-19-21-29(22-20-28)31(33)23-30(32)10-6-4-2/h15-22,24-25H,3-14,23H2,1-2H3. The molecule has 0 saturated heterocycles. The van der Waals surface area contributed by atoms with E-state index in [4.69, 9.17) is 0 Å². The van der Waals surface area contributed by atoms with Crippen molar-refractivity contribution in [3.8, 4) is 11.1 Å². The van der Waals surface area contributed by atoms with Crippen LogP contribution in [-0.2, 0) is 4.79 Å². The first kappa shape index (κ1) is 25.4. The Morgan fingerprint density at radius 3 is 1.94 bits per heavy atom. The Morgan fingerprint density at radius 2 is 1.33 bits per heavy atom. The zero-order valence-electron chi connectivity index (χ0n) is 20.8. The Hall–Kier alpha value is -2.22. The van der Waals surface area contributed by atoms with Crippen LogP contribution in [0.5, 0.6) is 0 Å². The fourth-order valence-corrected chi connectivity index (χ4v) is 5.18. The molecule has 0 unspecified atom stereocenters. The summed E-state index contributed by atoms with van der Waals surface area (Å²) in [6.07, 6.45) is 14.8. The van der Waals surface area contributed by atoms with Crippen LogP contribution in [0.25, 0.3) is 11.1 Å². The van der Waals surface area contributed by atoms with Crippen LogP contribution in [0.3, 0.4) is 0 Å². The van der Waals surface area contributed by atoms with Gasteiger partial charge in [-0.15, -0.1) is 0 Å². The molecule has 3 rings (SSSR count). The van der Waals surface area contributed by atoms with Crippen LogP contribution < -0.4 is 0 Å². The maximum atomic E-state index is 12.4. The first-order valence-corrected chi connectivity index (χ1v) is 13.4. The molecule has 2 aromatic rings. The minimum Gasteiger partial charge on any atom is -0.299 e. The number of benzene rings is 2. The molecule has 0 N–H and O–H groups in total. The largest absolute Gasteiger partial charge is 0.299 e. The van der Waals surface area contributed by atoms with Crippen LogP contribution in [0.1, 0.15) is 119 Å². The fraction of sp³-hybridized carbons (Fsp3) is 0.548. The number of Topliss-reactive ketones (excluding diaryl/α,β-unsaturated/α-hetero) is 2. The predicted octanol–water partition coefficient (Wildman–Crippen LogP) is 8.93. The van der Waals surface area contributed by atoms with E-state index in [1.807, 2.05) is 24.3 Å². The third-order valence-corrected chi connectivity index (χ3v) is 7.40. The molecule has 0 bridgehead atoms. The lowest BCUT2D eigenvalue weighted by Crippen LogP contribution is -2.13. The number of carbonyl (C=O) groups excluding carboxylic acids is 2. The highest BCUT2D eigenvalue weighted by Gasteiger charge is 2.22. The van der Waals surface area contributed by atoms with E-state index in [0.717, 1.165) is 24.3 Å². The first-order valence-electron chi connectivity index (χ1n) is 13.4. The van der Waals surface area contributed by atoms with Gasteiger partial charge in [0, 0.05) is 12.0 Å². The lowest BCUT2D eigenvalue weighted by atomic mass is 9.77. The maximum absolute atomic E-state index is 12.4. The molecule has 2 heteroatoms. The number of hydrogen-bond acceptors (Lipinski definition) is 2. The highest BCUT2D eigenvalue weighted by atomic mass is 16.1. The summed E-state index contributed by atoms with van der Waals surface area (Å²) >= 11 is 0. The molecule has 33 heavy (non-hydrogen) atoms. The third-order valence-electron chi connectivity index (χ3n) is 7.40. The Labute approximate surface area is 201 Å². The molecule has 0 aliphatic heterocycles. The van der Waals surface area contributed by atoms with Gasteiger partial charge in [0.05, 0.1) is 6.42 Å². The molecule has 0 radical (unpaired) electrons. The van der Waals surface area contributed by atoms with Crippen molar-refractivity contribution in [2.75, 3.05) is 0 Å². The lowest BCUT2D eigenvalue weighted by molar-refractivity contribution is -0.118. The molecule has 0 heterocycles. The number of rotatable bonds is 13. The molecule has 1 aliphatic rings. The maximum Gasteiger partial charge on any atom is 0.170 e. The molecule has 1 aliphatic carbocycles. The van der Waals surface area contributed by atoms with Crippen molar-refractivity contribution >= 4 is 11.6 Å². The molecular formula is C31H42O2. The van der Waals surface area contributed by atoms with Crippen molar-refractivity contribution in [1.29, 1.82) is 0 Å². The highest BCUT2D eigenvalue weighted by Crippen LogP contribution is 2.38. The molecular weight excluding hydrogens is 404 g/mol. The molecule has 1 saturated carbocycles. The van der Waals surface area contributed by atoms with Crippen LogP contribution in [0.2, 0.25) is 0 Å². The average Bonchev–Trinajstić information content (AvgIpc) is 2.86. The quantitative estimate of drug-likeness (QED) is 0.175. The fourth-order valence-electron chi connectivity index (χ4n) is 5.18. The molecule has 2 aromatic carbocycles. The minimum atomic E-state index is -0.0704. The van der Waals surface area contributed by atoms with Crippen LogP contribution in [0.4, 0.5) is 0 Å². The molecule has 2 nitrogen and oxygen atoms in total. The molecule has 0 aromatic heterocycles. The summed E-state index contributed by atoms with van der Waals surface area (Å²) in [6, 6.07) is 16.8. The lowest BCUT2D eigenvalue weighted by Gasteiger charge is -2.29. The third kappa shape index (κ3) is 7.95. The Bertz CT molecular complexity index is 855. The van der Waals surface area contributed by atoms with E-state index in [2.05, 4.69) is 38.1 Å². The predicted molar refractivity (Wildman–Crippen MR) is 139 cm³/mol. The van der Waals surface area contributed by atoms with Gasteiger partial charge in [-0.05, 0) is 60.6 Å². The Morgan fingerprint density at radius 1 is 0.727 bits per heavy atom. The normalized spacial score (nSPS) is 18.2. The van der Waals surface area contributed by atoms with Gasteiger partial charge in [-0.2, -0.15) is 0 Å². The SMILES string of the molecule is CCCCCCC1CCC(c2ccc(-c3ccc(C(=O)CC(=O)CCCC)cc3)cc2)CC1. The van der Waals surface area contributed by atoms with E-state index in [0.29, 0.717) is 17.9 Å². The van der Waals surface area contributed by atoms with E-state index < -0.39 is 0 Å². The van der Waals surface area contributed by atoms with Gasteiger partial charge in [0.1, 0.15) is 5.78 Å². The van der Waals surface area contributed by atoms with Crippen molar-refractivity contribution in [3.63, 3.8) is 0 Å². The number of carbonyl (C=O) groups is 2. The number of hydrogen-bond donors (Lipinski definition) is 0. The van der Waals surface area contributed by atoms with Gasteiger partial charge >= 0.3 is 0 Å². The van der Waals surface area contributed by atoms with Crippen LogP contribution in [-0.4, -0.2) is 11.6 Å². The summed E-state index contributed by atoms with van der Waals surface area (Å²) in [6.45, 7) is 4.34. The monoisotopic (exact) mass is 446 g/mol. The molecule has 0 atom stereocenters. The summed E-state index contributed by atoms with van der Waals surface area (Å²) in [5, 5.41) is 0. The van der Waals surface area contributed by atoms with E-state index in [-0.39, 0.29) is 18.0 Å². The molecule has 178 valence electrons. The summed E-state index contributed by atoms with van der Waals surface area (Å²) in [5.41, 5.74) is 4.40. The zero-order chi connectivity index (χ0) is 23.5. The minimum absolute atomic E-state index is 0.0228. The van der Waals surface area contributed by atoms with Crippen molar-refractivity contribution in [3.05, 3.63) is 59.7 Å². The summed E-state index contributed by atoms with van der Waals surface area (Å²) in [4.78, 5) is 24.3. The molecule has 0 amide bonds. The van der Waals surface area contributed by atoms with Crippen molar-refractivity contribution in [2.45, 2.75) is 103 Å². The Balaban J connectivity index is 1.50. The van der Waals surface area contributed by atoms with Gasteiger partial charge in [-0.3, -0.25) is 9.59 Å². The van der Waals surface area contributed by atoms with Crippen molar-refractivity contribution < 1.29 is 9.59 Å². The topological polar surface area (TPSA) is 34.1 Å². The van der Waals surface area contributed by atoms with E-state index in [1.165, 1.54) is 68.9 Å². The number of ketones is 2. The molecule has 0 spiro atoms. The second-order valence-corrected chi connectivity index (χ2v) is 10.0. The summed E-state index contributed by atoms with van der Waals surface area (Å²) in [5.74, 6) is 1.63. The van der Waals surface area contributed by atoms with Gasteiger partial charge in [0.2, 0.25) is 0 Å². The van der Waals surface area contributed by atoms with Gasteiger partial charge in [0.15, 0.2) is 5.78 Å². The van der Waals surface area contributed by atoms with Crippen molar-refractivity contribution in [2.24, 2.45) is 5.92 Å². The Kier molecular flexibility index (Phi) is 10.4. The van der Waals surface area contributed by atoms with Crippen molar-refractivity contribution in [1.82, 2.24) is 0 Å². The van der Waals surface area contributed by atoms with Crippen LogP contribution in [0.15, 0.2) is 48.5 Å². The second kappa shape index (κ2) is 13.5. The summed E-state index contributed by atoms with van der Waals surface area (Å²) < 4.78 is 0. The first-order chi connectivity index (χ1) is 16.1. The van der Waals surface area contributed by atoms with E-state index in [1.54, 1.807) is 0 Å². The van der Waals surface area contributed by atoms with Gasteiger partial charge in [0.25, 0.3) is 0 Å². The zero-order valence-corrected chi connectivity index (χ0v) is 20.8. The van der Waals surface area contributed by atoms with Gasteiger partial charge in [-0.1, -0.05) is 101 Å². The van der Waals surface area contributed by atoms with E-state index in [9.17, 15) is 9.59 Å². The van der Waals surface area contributed by atoms with Gasteiger partial charge < -0.3 is 0 Å². The number of unbranched alkanes of at least 4 members (excludes halogenated alkanes) is 4. The van der Waals surface area contributed by atoms with Crippen LogP contribution >= 0.6 is 0 Å². The second-order valence-electron chi connectivity index (χ2n) is 10.0. The van der Waals surface area contributed by atoms with E-state index >= 15 is 0 Å². The van der Waals surface area contributed by atoms with Gasteiger partial charge in [-0.25, -0.2) is 0 Å². The van der Waals surface area contributed by atoms with Crippen LogP contribution in [0, 0.1) is 5.92 Å². The highest BCUT2D eigenvalue weighted by molar-refractivity contribution is 6.08. The average molecular weight is 447 g/mol. The smallest absolute Gasteiger partial charge is 0.170 e. The molecule has 1 fully saturated rings. The summed E-state index contributed by atoms with van der Waals surface area (Å²) in [7, 11) is 0.